The monoisotopic (exact) mass is 294 g/mol. The third-order valence-corrected chi connectivity index (χ3v) is 5.15. The summed E-state index contributed by atoms with van der Waals surface area (Å²) < 4.78 is 0. The Labute approximate surface area is 122 Å². The maximum Gasteiger partial charge on any atom is 0.335 e. The zero-order valence-electron chi connectivity index (χ0n) is 11.1. The van der Waals surface area contributed by atoms with Crippen molar-refractivity contribution in [3.8, 4) is 0 Å². The van der Waals surface area contributed by atoms with E-state index < -0.39 is 11.9 Å². The number of aromatic carboxylic acids is 1. The standard InChI is InChI=1S/C15H18O4S/c16-14(17)11-3-1-10(2-4-11)9-20-13-7-5-12(6-8-13)15(18)19/h1-4,12-13H,5-9H2,(H,16,17)(H,18,19). The highest BCUT2D eigenvalue weighted by atomic mass is 32.2. The summed E-state index contributed by atoms with van der Waals surface area (Å²) in [5.74, 6) is -0.891. The molecule has 0 unspecified atom stereocenters. The molecule has 0 atom stereocenters. The fourth-order valence-electron chi connectivity index (χ4n) is 2.43. The van der Waals surface area contributed by atoms with Gasteiger partial charge in [-0.3, -0.25) is 4.79 Å². The average molecular weight is 294 g/mol. The molecule has 1 aliphatic rings. The van der Waals surface area contributed by atoms with Gasteiger partial charge in [-0.1, -0.05) is 12.1 Å². The molecule has 0 aliphatic heterocycles. The number of rotatable bonds is 5. The average Bonchev–Trinajstić information content (AvgIpc) is 2.46. The summed E-state index contributed by atoms with van der Waals surface area (Å²) in [6, 6.07) is 6.94. The van der Waals surface area contributed by atoms with Crippen molar-refractivity contribution in [2.75, 3.05) is 0 Å². The molecule has 0 radical (unpaired) electrons. The molecule has 5 heteroatoms. The van der Waals surface area contributed by atoms with Gasteiger partial charge in [0.15, 0.2) is 0 Å². The molecule has 1 aliphatic carbocycles. The van der Waals surface area contributed by atoms with E-state index in [9.17, 15) is 9.59 Å². The van der Waals surface area contributed by atoms with Gasteiger partial charge in [-0.2, -0.15) is 11.8 Å². The van der Waals surface area contributed by atoms with Crippen molar-refractivity contribution in [3.05, 3.63) is 35.4 Å². The first-order valence-electron chi connectivity index (χ1n) is 6.73. The SMILES string of the molecule is O=C(O)c1ccc(CSC2CCC(C(=O)O)CC2)cc1. The number of aliphatic carboxylic acids is 1. The van der Waals surface area contributed by atoms with E-state index in [1.165, 1.54) is 0 Å². The third kappa shape index (κ3) is 4.00. The lowest BCUT2D eigenvalue weighted by Gasteiger charge is -2.25. The molecule has 20 heavy (non-hydrogen) atoms. The van der Waals surface area contributed by atoms with Crippen molar-refractivity contribution >= 4 is 23.7 Å². The van der Waals surface area contributed by atoms with Gasteiger partial charge in [0.05, 0.1) is 11.5 Å². The van der Waals surface area contributed by atoms with E-state index in [4.69, 9.17) is 10.2 Å². The predicted molar refractivity (Wildman–Crippen MR) is 78.1 cm³/mol. The second-order valence-electron chi connectivity index (χ2n) is 5.12. The largest absolute Gasteiger partial charge is 0.481 e. The van der Waals surface area contributed by atoms with Gasteiger partial charge in [0.25, 0.3) is 0 Å². The first-order chi connectivity index (χ1) is 9.56. The molecule has 1 aromatic carbocycles. The predicted octanol–water partition coefficient (Wildman–Crippen LogP) is 3.26. The number of carboxylic acid groups (broad SMARTS) is 2. The summed E-state index contributed by atoms with van der Waals surface area (Å²) in [5.41, 5.74) is 1.42. The molecular weight excluding hydrogens is 276 g/mol. The van der Waals surface area contributed by atoms with Gasteiger partial charge < -0.3 is 10.2 Å². The van der Waals surface area contributed by atoms with E-state index in [-0.39, 0.29) is 5.92 Å². The zero-order valence-corrected chi connectivity index (χ0v) is 11.9. The van der Waals surface area contributed by atoms with Crippen LogP contribution in [0.2, 0.25) is 0 Å². The number of hydrogen-bond donors (Lipinski definition) is 2. The maximum absolute atomic E-state index is 10.9. The normalized spacial score (nSPS) is 22.4. The first-order valence-corrected chi connectivity index (χ1v) is 7.78. The van der Waals surface area contributed by atoms with Crippen LogP contribution < -0.4 is 0 Å². The van der Waals surface area contributed by atoms with E-state index in [0.717, 1.165) is 37.0 Å². The summed E-state index contributed by atoms with van der Waals surface area (Å²) >= 11 is 1.84. The molecule has 108 valence electrons. The fraction of sp³-hybridized carbons (Fsp3) is 0.467. The van der Waals surface area contributed by atoms with Crippen molar-refractivity contribution in [1.29, 1.82) is 0 Å². The third-order valence-electron chi connectivity index (χ3n) is 3.71. The molecule has 0 bridgehead atoms. The van der Waals surface area contributed by atoms with Crippen LogP contribution in [0.4, 0.5) is 0 Å². The van der Waals surface area contributed by atoms with Gasteiger partial charge in [0.1, 0.15) is 0 Å². The smallest absolute Gasteiger partial charge is 0.335 e. The Morgan fingerprint density at radius 1 is 1.05 bits per heavy atom. The van der Waals surface area contributed by atoms with E-state index >= 15 is 0 Å². The minimum absolute atomic E-state index is 0.165. The Balaban J connectivity index is 1.78. The maximum atomic E-state index is 10.9. The van der Waals surface area contributed by atoms with Gasteiger partial charge in [-0.15, -0.1) is 0 Å². The summed E-state index contributed by atoms with van der Waals surface area (Å²) in [6.45, 7) is 0. The Bertz CT molecular complexity index is 475. The molecule has 1 saturated carbocycles. The Hall–Kier alpha value is -1.49. The highest BCUT2D eigenvalue weighted by Crippen LogP contribution is 2.33. The molecule has 1 fully saturated rings. The van der Waals surface area contributed by atoms with Crippen LogP contribution in [0.15, 0.2) is 24.3 Å². The molecule has 2 rings (SSSR count). The van der Waals surface area contributed by atoms with Crippen LogP contribution in [0.5, 0.6) is 0 Å². The van der Waals surface area contributed by atoms with E-state index in [2.05, 4.69) is 0 Å². The van der Waals surface area contributed by atoms with Crippen molar-refractivity contribution < 1.29 is 19.8 Å². The molecule has 2 N–H and O–H groups in total. The lowest BCUT2D eigenvalue weighted by molar-refractivity contribution is -0.142. The minimum atomic E-state index is -0.906. The molecule has 1 aromatic rings. The molecule has 4 nitrogen and oxygen atoms in total. The van der Waals surface area contributed by atoms with Crippen LogP contribution in [0, 0.1) is 5.92 Å². The zero-order chi connectivity index (χ0) is 14.5. The summed E-state index contributed by atoms with van der Waals surface area (Å²) in [7, 11) is 0. The summed E-state index contributed by atoms with van der Waals surface area (Å²) in [5, 5.41) is 18.3. The topological polar surface area (TPSA) is 74.6 Å². The molecule has 0 aromatic heterocycles. The van der Waals surface area contributed by atoms with Crippen molar-refractivity contribution in [2.24, 2.45) is 5.92 Å². The van der Waals surface area contributed by atoms with Crippen LogP contribution in [0.1, 0.15) is 41.6 Å². The lowest BCUT2D eigenvalue weighted by Crippen LogP contribution is -2.22. The Morgan fingerprint density at radius 3 is 2.15 bits per heavy atom. The Morgan fingerprint density at radius 2 is 1.65 bits per heavy atom. The first kappa shape index (κ1) is 14.9. The number of thioether (sulfide) groups is 1. The number of hydrogen-bond acceptors (Lipinski definition) is 3. The van der Waals surface area contributed by atoms with Crippen LogP contribution in [-0.2, 0) is 10.5 Å². The van der Waals surface area contributed by atoms with Crippen LogP contribution in [0.25, 0.3) is 0 Å². The van der Waals surface area contributed by atoms with Gasteiger partial charge in [-0.05, 0) is 43.4 Å². The number of carboxylic acids is 2. The highest BCUT2D eigenvalue weighted by molar-refractivity contribution is 7.99. The van der Waals surface area contributed by atoms with E-state index in [1.807, 2.05) is 23.9 Å². The van der Waals surface area contributed by atoms with Crippen molar-refractivity contribution in [1.82, 2.24) is 0 Å². The quantitative estimate of drug-likeness (QED) is 0.872. The second-order valence-corrected chi connectivity index (χ2v) is 6.41. The van der Waals surface area contributed by atoms with E-state index in [1.54, 1.807) is 12.1 Å². The molecule has 0 heterocycles. The highest BCUT2D eigenvalue weighted by Gasteiger charge is 2.25. The van der Waals surface area contributed by atoms with Gasteiger partial charge in [-0.25, -0.2) is 4.79 Å². The summed E-state index contributed by atoms with van der Waals surface area (Å²) in [6.07, 6.45) is 3.44. The van der Waals surface area contributed by atoms with Crippen molar-refractivity contribution in [3.63, 3.8) is 0 Å². The van der Waals surface area contributed by atoms with Crippen LogP contribution in [0.3, 0.4) is 0 Å². The molecule has 0 saturated heterocycles. The second kappa shape index (κ2) is 6.79. The lowest BCUT2D eigenvalue weighted by atomic mass is 9.89. The van der Waals surface area contributed by atoms with Crippen LogP contribution >= 0.6 is 11.8 Å². The van der Waals surface area contributed by atoms with Gasteiger partial charge in [0, 0.05) is 11.0 Å². The summed E-state index contributed by atoms with van der Waals surface area (Å²) in [4.78, 5) is 21.6. The molecule has 0 spiro atoms. The molecular formula is C15H18O4S. The molecule has 0 amide bonds. The van der Waals surface area contributed by atoms with Crippen molar-refractivity contribution in [2.45, 2.75) is 36.7 Å². The van der Waals surface area contributed by atoms with E-state index in [0.29, 0.717) is 10.8 Å². The number of carbonyl (C=O) groups is 2. The van der Waals surface area contributed by atoms with Crippen LogP contribution in [-0.4, -0.2) is 27.4 Å². The Kier molecular flexibility index (Phi) is 5.06. The number of benzene rings is 1. The van der Waals surface area contributed by atoms with Gasteiger partial charge in [0.2, 0.25) is 0 Å². The van der Waals surface area contributed by atoms with Gasteiger partial charge >= 0.3 is 11.9 Å². The minimum Gasteiger partial charge on any atom is -0.481 e. The fourth-order valence-corrected chi connectivity index (χ4v) is 3.66.